The molecule has 4 nitrogen and oxygen atoms in total. The van der Waals surface area contributed by atoms with Crippen LogP contribution in [0.3, 0.4) is 0 Å². The van der Waals surface area contributed by atoms with Crippen LogP contribution in [0.25, 0.3) is 6.08 Å². The molecule has 0 N–H and O–H groups in total. The molecule has 2 heterocycles. The summed E-state index contributed by atoms with van der Waals surface area (Å²) in [5.74, 6) is 0.248. The number of benzene rings is 1. The molecule has 2 amide bonds. The molecule has 5 heteroatoms. The lowest BCUT2D eigenvalue weighted by Gasteiger charge is -2.47. The van der Waals surface area contributed by atoms with E-state index in [-0.39, 0.29) is 16.7 Å². The molecule has 0 saturated carbocycles. The van der Waals surface area contributed by atoms with Crippen LogP contribution < -0.4 is 4.90 Å². The highest BCUT2D eigenvalue weighted by molar-refractivity contribution is 8.18. The SMILES string of the molecule is CCN1c2cc(C)c(/C=C3\SC(=O)N(C)C3=O)cc2C(C)CC1(C)C. The van der Waals surface area contributed by atoms with E-state index in [1.807, 2.05) is 6.08 Å². The van der Waals surface area contributed by atoms with Crippen molar-refractivity contribution in [3.05, 3.63) is 33.7 Å². The van der Waals surface area contributed by atoms with Crippen molar-refractivity contribution in [2.75, 3.05) is 18.5 Å². The smallest absolute Gasteiger partial charge is 0.293 e. The Bertz CT molecular complexity index is 782. The monoisotopic (exact) mass is 358 g/mol. The Balaban J connectivity index is 2.07. The maximum absolute atomic E-state index is 12.2. The number of carbonyl (C=O) groups excluding carboxylic acids is 2. The van der Waals surface area contributed by atoms with E-state index in [9.17, 15) is 9.59 Å². The van der Waals surface area contributed by atoms with Crippen molar-refractivity contribution in [3.8, 4) is 0 Å². The molecule has 2 aliphatic heterocycles. The molecular weight excluding hydrogens is 332 g/mol. The molecule has 0 radical (unpaired) electrons. The third-order valence-corrected chi connectivity index (χ3v) is 6.32. The predicted octanol–water partition coefficient (Wildman–Crippen LogP) is 4.77. The van der Waals surface area contributed by atoms with Gasteiger partial charge in [-0.15, -0.1) is 0 Å². The van der Waals surface area contributed by atoms with E-state index in [2.05, 4.69) is 51.7 Å². The van der Waals surface area contributed by atoms with Gasteiger partial charge in [-0.05, 0) is 86.7 Å². The van der Waals surface area contributed by atoms with Crippen LogP contribution in [0.1, 0.15) is 56.7 Å². The fraction of sp³-hybridized carbons (Fsp3) is 0.500. The summed E-state index contributed by atoms with van der Waals surface area (Å²) in [6.45, 7) is 12.1. The van der Waals surface area contributed by atoms with Gasteiger partial charge in [0.1, 0.15) is 0 Å². The Morgan fingerprint density at radius 2 is 2.00 bits per heavy atom. The van der Waals surface area contributed by atoms with Gasteiger partial charge in [0.15, 0.2) is 0 Å². The van der Waals surface area contributed by atoms with Crippen LogP contribution >= 0.6 is 11.8 Å². The van der Waals surface area contributed by atoms with Crippen molar-refractivity contribution in [3.63, 3.8) is 0 Å². The quantitative estimate of drug-likeness (QED) is 0.714. The van der Waals surface area contributed by atoms with Crippen molar-refractivity contribution >= 4 is 34.7 Å². The number of carbonyl (C=O) groups is 2. The molecule has 0 spiro atoms. The number of hydrogen-bond donors (Lipinski definition) is 0. The third-order valence-electron chi connectivity index (χ3n) is 5.36. The molecule has 1 aromatic carbocycles. The Kier molecular flexibility index (Phi) is 4.48. The van der Waals surface area contributed by atoms with Crippen LogP contribution in [-0.2, 0) is 4.79 Å². The highest BCUT2D eigenvalue weighted by Gasteiger charge is 2.36. The lowest BCUT2D eigenvalue weighted by Crippen LogP contribution is -2.48. The Morgan fingerprint density at radius 3 is 2.56 bits per heavy atom. The van der Waals surface area contributed by atoms with Crippen molar-refractivity contribution in [1.29, 1.82) is 0 Å². The molecule has 0 bridgehead atoms. The molecule has 1 fully saturated rings. The van der Waals surface area contributed by atoms with Gasteiger partial charge in [0.2, 0.25) is 0 Å². The van der Waals surface area contributed by atoms with Crippen LogP contribution in [-0.4, -0.2) is 35.2 Å². The molecule has 1 aromatic rings. The summed E-state index contributed by atoms with van der Waals surface area (Å²) < 4.78 is 0. The van der Waals surface area contributed by atoms with Crippen molar-refractivity contribution < 1.29 is 9.59 Å². The molecule has 0 aromatic heterocycles. The van der Waals surface area contributed by atoms with Crippen molar-refractivity contribution in [2.45, 2.75) is 52.5 Å². The summed E-state index contributed by atoms with van der Waals surface area (Å²) in [6, 6.07) is 4.44. The van der Waals surface area contributed by atoms with Gasteiger partial charge in [-0.2, -0.15) is 0 Å². The summed E-state index contributed by atoms with van der Waals surface area (Å²) in [5.41, 5.74) is 4.92. The van der Waals surface area contributed by atoms with Gasteiger partial charge in [-0.25, -0.2) is 0 Å². The zero-order chi connectivity index (χ0) is 18.5. The standard InChI is InChI=1S/C20H26N2O2S/c1-7-22-16-8-12(2)14(9-15(16)13(3)11-20(22,4)5)10-17-18(23)21(6)19(24)25-17/h8-10,13H,7,11H2,1-6H3/b17-10-. The second-order valence-electron chi connectivity index (χ2n) is 7.67. The molecule has 134 valence electrons. The molecule has 1 saturated heterocycles. The predicted molar refractivity (Wildman–Crippen MR) is 105 cm³/mol. The fourth-order valence-electron chi connectivity index (χ4n) is 4.09. The Labute approximate surface area is 154 Å². The lowest BCUT2D eigenvalue weighted by atomic mass is 9.79. The topological polar surface area (TPSA) is 40.6 Å². The highest BCUT2D eigenvalue weighted by atomic mass is 32.2. The summed E-state index contributed by atoms with van der Waals surface area (Å²) in [7, 11) is 1.53. The highest BCUT2D eigenvalue weighted by Crippen LogP contribution is 2.44. The number of nitrogens with zero attached hydrogens (tertiary/aromatic N) is 2. The lowest BCUT2D eigenvalue weighted by molar-refractivity contribution is -0.121. The minimum absolute atomic E-state index is 0.139. The average Bonchev–Trinajstić information content (AvgIpc) is 2.75. The van der Waals surface area contributed by atoms with Gasteiger partial charge in [-0.3, -0.25) is 14.5 Å². The van der Waals surface area contributed by atoms with Gasteiger partial charge in [0.25, 0.3) is 11.1 Å². The van der Waals surface area contributed by atoms with E-state index in [0.29, 0.717) is 10.8 Å². The first-order chi connectivity index (χ1) is 11.7. The first kappa shape index (κ1) is 18.1. The molecule has 3 rings (SSSR count). The summed E-state index contributed by atoms with van der Waals surface area (Å²) in [4.78, 5) is 28.1. The molecule has 25 heavy (non-hydrogen) atoms. The molecule has 0 aliphatic carbocycles. The second kappa shape index (κ2) is 6.20. The van der Waals surface area contributed by atoms with Crippen LogP contribution in [0, 0.1) is 6.92 Å². The second-order valence-corrected chi connectivity index (χ2v) is 8.66. The third kappa shape index (κ3) is 2.99. The number of hydrogen-bond acceptors (Lipinski definition) is 4. The number of imide groups is 1. The van der Waals surface area contributed by atoms with Gasteiger partial charge in [0.05, 0.1) is 4.91 Å². The Hall–Kier alpha value is -1.75. The van der Waals surface area contributed by atoms with Gasteiger partial charge in [0, 0.05) is 24.8 Å². The van der Waals surface area contributed by atoms with Crippen LogP contribution in [0.4, 0.5) is 10.5 Å². The number of anilines is 1. The summed E-state index contributed by atoms with van der Waals surface area (Å²) >= 11 is 1.02. The minimum atomic E-state index is -0.212. The number of thioether (sulfide) groups is 1. The number of aryl methyl sites for hydroxylation is 1. The molecule has 2 aliphatic rings. The van der Waals surface area contributed by atoms with E-state index in [4.69, 9.17) is 0 Å². The molecular formula is C20H26N2O2S. The van der Waals surface area contributed by atoms with Crippen molar-refractivity contribution in [2.24, 2.45) is 0 Å². The summed E-state index contributed by atoms with van der Waals surface area (Å²) in [6.07, 6.45) is 2.97. The first-order valence-electron chi connectivity index (χ1n) is 8.79. The maximum Gasteiger partial charge on any atom is 0.293 e. The largest absolute Gasteiger partial charge is 0.366 e. The van der Waals surface area contributed by atoms with Gasteiger partial charge in [-0.1, -0.05) is 6.92 Å². The number of amides is 2. The minimum Gasteiger partial charge on any atom is -0.366 e. The zero-order valence-corrected chi connectivity index (χ0v) is 16.7. The van der Waals surface area contributed by atoms with Gasteiger partial charge < -0.3 is 4.90 Å². The van der Waals surface area contributed by atoms with E-state index < -0.39 is 0 Å². The van der Waals surface area contributed by atoms with Crippen LogP contribution in [0.2, 0.25) is 0 Å². The number of fused-ring (bicyclic) bond motifs is 1. The van der Waals surface area contributed by atoms with Crippen LogP contribution in [0.5, 0.6) is 0 Å². The van der Waals surface area contributed by atoms with Crippen molar-refractivity contribution in [1.82, 2.24) is 4.90 Å². The van der Waals surface area contributed by atoms with Gasteiger partial charge >= 0.3 is 0 Å². The molecule has 1 atom stereocenters. The molecule has 1 unspecified atom stereocenters. The van der Waals surface area contributed by atoms with E-state index in [1.165, 1.54) is 23.2 Å². The average molecular weight is 359 g/mol. The number of rotatable bonds is 2. The van der Waals surface area contributed by atoms with Crippen LogP contribution in [0.15, 0.2) is 17.0 Å². The Morgan fingerprint density at radius 1 is 1.32 bits per heavy atom. The summed E-state index contributed by atoms with van der Waals surface area (Å²) in [5, 5.41) is -0.209. The fourth-order valence-corrected chi connectivity index (χ4v) is 4.91. The normalized spacial score (nSPS) is 24.2. The van der Waals surface area contributed by atoms with E-state index in [0.717, 1.165) is 35.9 Å². The first-order valence-corrected chi connectivity index (χ1v) is 9.61. The maximum atomic E-state index is 12.2. The van der Waals surface area contributed by atoms with E-state index in [1.54, 1.807) is 0 Å². The zero-order valence-electron chi connectivity index (χ0n) is 15.8. The van der Waals surface area contributed by atoms with E-state index >= 15 is 0 Å². The number of likely N-dealkylation sites (N-methyl/N-ethyl adjacent to an activating group) is 1.